The second kappa shape index (κ2) is 9.73. The first-order valence-corrected chi connectivity index (χ1v) is 9.00. The predicted octanol–water partition coefficient (Wildman–Crippen LogP) is 2.74. The molecule has 1 unspecified atom stereocenters. The summed E-state index contributed by atoms with van der Waals surface area (Å²) in [7, 11) is 0. The second-order valence-electron chi connectivity index (χ2n) is 5.19. The van der Waals surface area contributed by atoms with Gasteiger partial charge in [0.15, 0.2) is 0 Å². The van der Waals surface area contributed by atoms with Crippen molar-refractivity contribution in [3.05, 3.63) is 34.9 Å². The van der Waals surface area contributed by atoms with Gasteiger partial charge >= 0.3 is 5.97 Å². The molecule has 0 aliphatic heterocycles. The summed E-state index contributed by atoms with van der Waals surface area (Å²) in [5, 5.41) is 14.4. The molecule has 0 aliphatic carbocycles. The van der Waals surface area contributed by atoms with Crippen molar-refractivity contribution in [2.24, 2.45) is 0 Å². The van der Waals surface area contributed by atoms with Crippen LogP contribution in [0.15, 0.2) is 33.4 Å². The summed E-state index contributed by atoms with van der Waals surface area (Å²) >= 11 is 1.54. The largest absolute Gasteiger partial charge is 0.464 e. The van der Waals surface area contributed by atoms with E-state index in [-0.39, 0.29) is 18.9 Å². The average molecular weight is 363 g/mol. The fourth-order valence-corrected chi connectivity index (χ4v) is 2.70. The predicted molar refractivity (Wildman–Crippen MR) is 93.9 cm³/mol. The number of nitrogens with one attached hydrogen (secondary N) is 1. The molecule has 1 atom stereocenters. The molecule has 1 amide bonds. The van der Waals surface area contributed by atoms with Gasteiger partial charge in [-0.2, -0.15) is 11.3 Å². The Kier molecular flexibility index (Phi) is 7.34. The quantitative estimate of drug-likeness (QED) is 0.544. The highest BCUT2D eigenvalue weighted by atomic mass is 32.1. The number of ether oxygens (including phenoxy) is 1. The molecule has 0 saturated heterocycles. The van der Waals surface area contributed by atoms with Gasteiger partial charge in [-0.3, -0.25) is 4.79 Å². The summed E-state index contributed by atoms with van der Waals surface area (Å²) in [6.07, 6.45) is 4.48. The fourth-order valence-electron chi connectivity index (χ4n) is 2.07. The number of carbonyl (C=O) groups is 2. The molecule has 0 aromatic carbocycles. The number of aryl methyl sites for hydroxylation is 1. The van der Waals surface area contributed by atoms with Crippen LogP contribution in [0, 0.1) is 0 Å². The number of thiophene rings is 1. The van der Waals surface area contributed by atoms with E-state index in [0.717, 1.165) is 5.56 Å². The minimum atomic E-state index is -0.687. The van der Waals surface area contributed by atoms with Crippen LogP contribution < -0.4 is 5.32 Å². The Bertz CT molecular complexity index is 709. The maximum absolute atomic E-state index is 12.1. The van der Waals surface area contributed by atoms with Gasteiger partial charge in [-0.05, 0) is 31.7 Å². The Morgan fingerprint density at radius 1 is 1.44 bits per heavy atom. The van der Waals surface area contributed by atoms with E-state index in [0.29, 0.717) is 24.6 Å². The second-order valence-corrected chi connectivity index (χ2v) is 5.97. The molecule has 0 spiro atoms. The minimum absolute atomic E-state index is 0.150. The molecule has 7 nitrogen and oxygen atoms in total. The summed E-state index contributed by atoms with van der Waals surface area (Å²) < 4.78 is 10.5. The van der Waals surface area contributed by atoms with E-state index in [1.165, 1.54) is 0 Å². The summed E-state index contributed by atoms with van der Waals surface area (Å²) in [6, 6.07) is 1.20. The number of amides is 1. The SMILES string of the molecule is C/C=C/CC(NC(=O)CCc1nnc(-c2ccsc2)o1)C(=O)OCC. The fraction of sp³-hybridized carbons (Fsp3) is 0.412. The van der Waals surface area contributed by atoms with Crippen LogP contribution in [0.1, 0.15) is 32.6 Å². The standard InChI is InChI=1S/C17H21N3O4S/c1-3-5-6-13(17(22)23-4-2)18-14(21)7-8-15-19-20-16(24-15)12-9-10-25-11-12/h3,5,9-11,13H,4,6-8H2,1-2H3,(H,18,21)/b5-3+. The van der Waals surface area contributed by atoms with E-state index in [1.54, 1.807) is 18.3 Å². The molecular weight excluding hydrogens is 342 g/mol. The number of nitrogens with zero attached hydrogens (tertiary/aromatic N) is 2. The number of aromatic nitrogens is 2. The van der Waals surface area contributed by atoms with Crippen molar-refractivity contribution in [2.45, 2.75) is 39.2 Å². The molecule has 2 heterocycles. The van der Waals surface area contributed by atoms with Crippen LogP contribution >= 0.6 is 11.3 Å². The lowest BCUT2D eigenvalue weighted by Crippen LogP contribution is -2.41. The van der Waals surface area contributed by atoms with Gasteiger partial charge in [-0.25, -0.2) is 4.79 Å². The van der Waals surface area contributed by atoms with Crippen LogP contribution in [0.2, 0.25) is 0 Å². The topological polar surface area (TPSA) is 94.3 Å². The van der Waals surface area contributed by atoms with Crippen LogP contribution in [0.25, 0.3) is 11.5 Å². The first-order valence-electron chi connectivity index (χ1n) is 8.06. The van der Waals surface area contributed by atoms with Crippen molar-refractivity contribution >= 4 is 23.2 Å². The normalized spacial score (nSPS) is 12.2. The molecule has 134 valence electrons. The van der Waals surface area contributed by atoms with E-state index in [1.807, 2.05) is 35.9 Å². The Morgan fingerprint density at radius 2 is 2.28 bits per heavy atom. The van der Waals surface area contributed by atoms with Crippen molar-refractivity contribution in [3.63, 3.8) is 0 Å². The Morgan fingerprint density at radius 3 is 2.96 bits per heavy atom. The average Bonchev–Trinajstić information content (AvgIpc) is 3.27. The van der Waals surface area contributed by atoms with Gasteiger partial charge in [0.25, 0.3) is 0 Å². The Balaban J connectivity index is 1.86. The zero-order chi connectivity index (χ0) is 18.1. The third-order valence-electron chi connectivity index (χ3n) is 3.31. The van der Waals surface area contributed by atoms with Gasteiger partial charge in [0, 0.05) is 23.8 Å². The number of carbonyl (C=O) groups excluding carboxylic acids is 2. The van der Waals surface area contributed by atoms with Crippen molar-refractivity contribution in [1.29, 1.82) is 0 Å². The maximum Gasteiger partial charge on any atom is 0.328 e. The van der Waals surface area contributed by atoms with Crippen molar-refractivity contribution in [3.8, 4) is 11.5 Å². The van der Waals surface area contributed by atoms with Crippen LogP contribution in [0.5, 0.6) is 0 Å². The number of esters is 1. The van der Waals surface area contributed by atoms with Crippen molar-refractivity contribution < 1.29 is 18.7 Å². The lowest BCUT2D eigenvalue weighted by atomic mass is 10.2. The van der Waals surface area contributed by atoms with Gasteiger partial charge in [-0.1, -0.05) is 12.2 Å². The number of allylic oxidation sites excluding steroid dienone is 1. The lowest BCUT2D eigenvalue weighted by molar-refractivity contribution is -0.147. The molecule has 25 heavy (non-hydrogen) atoms. The molecular formula is C17H21N3O4S. The first kappa shape index (κ1) is 18.9. The minimum Gasteiger partial charge on any atom is -0.464 e. The maximum atomic E-state index is 12.1. The van der Waals surface area contributed by atoms with Crippen LogP contribution in [0.4, 0.5) is 0 Å². The molecule has 2 rings (SSSR count). The number of hydrogen-bond acceptors (Lipinski definition) is 7. The summed E-state index contributed by atoms with van der Waals surface area (Å²) in [5.74, 6) is 0.121. The van der Waals surface area contributed by atoms with Crippen molar-refractivity contribution in [1.82, 2.24) is 15.5 Å². The summed E-state index contributed by atoms with van der Waals surface area (Å²) in [5.41, 5.74) is 0.863. The van der Waals surface area contributed by atoms with E-state index in [9.17, 15) is 9.59 Å². The van der Waals surface area contributed by atoms with Gasteiger partial charge < -0.3 is 14.5 Å². The Hall–Kier alpha value is -2.48. The third-order valence-corrected chi connectivity index (χ3v) is 4.00. The van der Waals surface area contributed by atoms with E-state index in [2.05, 4.69) is 15.5 Å². The zero-order valence-corrected chi connectivity index (χ0v) is 15.0. The molecule has 0 fully saturated rings. The molecule has 2 aromatic heterocycles. The monoisotopic (exact) mass is 363 g/mol. The molecule has 0 radical (unpaired) electrons. The van der Waals surface area contributed by atoms with Crippen LogP contribution in [-0.4, -0.2) is 34.7 Å². The van der Waals surface area contributed by atoms with Gasteiger partial charge in [0.1, 0.15) is 6.04 Å². The highest BCUT2D eigenvalue weighted by molar-refractivity contribution is 7.08. The number of rotatable bonds is 9. The van der Waals surface area contributed by atoms with Crippen LogP contribution in [-0.2, 0) is 20.7 Å². The van der Waals surface area contributed by atoms with Gasteiger partial charge in [0.2, 0.25) is 17.7 Å². The number of hydrogen-bond donors (Lipinski definition) is 1. The molecule has 0 bridgehead atoms. The molecule has 8 heteroatoms. The highest BCUT2D eigenvalue weighted by Gasteiger charge is 2.21. The molecule has 0 aliphatic rings. The third kappa shape index (κ3) is 5.82. The molecule has 0 saturated carbocycles. The van der Waals surface area contributed by atoms with E-state index >= 15 is 0 Å². The highest BCUT2D eigenvalue weighted by Crippen LogP contribution is 2.20. The Labute approximate surface area is 150 Å². The zero-order valence-electron chi connectivity index (χ0n) is 14.2. The van der Waals surface area contributed by atoms with E-state index in [4.69, 9.17) is 9.15 Å². The molecule has 1 N–H and O–H groups in total. The summed E-state index contributed by atoms with van der Waals surface area (Å²) in [6.45, 7) is 3.85. The van der Waals surface area contributed by atoms with Gasteiger partial charge in [-0.15, -0.1) is 10.2 Å². The first-order chi connectivity index (χ1) is 12.1. The van der Waals surface area contributed by atoms with Crippen molar-refractivity contribution in [2.75, 3.05) is 6.61 Å². The van der Waals surface area contributed by atoms with E-state index < -0.39 is 12.0 Å². The molecule has 2 aromatic rings. The lowest BCUT2D eigenvalue weighted by Gasteiger charge is -2.15. The summed E-state index contributed by atoms with van der Waals surface area (Å²) in [4.78, 5) is 24.0. The smallest absolute Gasteiger partial charge is 0.328 e. The van der Waals surface area contributed by atoms with Crippen LogP contribution in [0.3, 0.4) is 0 Å². The van der Waals surface area contributed by atoms with Gasteiger partial charge in [0.05, 0.1) is 6.61 Å².